The summed E-state index contributed by atoms with van der Waals surface area (Å²) in [6.45, 7) is 0.247. The van der Waals surface area contributed by atoms with E-state index in [0.29, 0.717) is 16.7 Å². The molecule has 1 aromatic carbocycles. The molecule has 0 saturated heterocycles. The standard InChI is InChI=1S/C20H16ClF3N6O/c1-28-10-15(20(22,23)24)26-16(28)12-4-2-11(3-5-12)9-29-17-14(8-25-18(21)27-17)30(19(29)31)13-6-7-13/h2-5,8,10,13H,6-7,9H2,1H3. The van der Waals surface area contributed by atoms with Gasteiger partial charge in [0.15, 0.2) is 11.3 Å². The third-order valence-corrected chi connectivity index (χ3v) is 5.49. The number of benzene rings is 1. The minimum Gasteiger partial charge on any atom is -0.333 e. The van der Waals surface area contributed by atoms with Crippen molar-refractivity contribution in [1.29, 1.82) is 0 Å². The van der Waals surface area contributed by atoms with Crippen molar-refractivity contribution < 1.29 is 13.2 Å². The molecule has 11 heteroatoms. The van der Waals surface area contributed by atoms with E-state index in [1.165, 1.54) is 11.6 Å². The molecule has 1 aliphatic rings. The second-order valence-electron chi connectivity index (χ2n) is 7.57. The van der Waals surface area contributed by atoms with Gasteiger partial charge in [-0.1, -0.05) is 24.3 Å². The third-order valence-electron chi connectivity index (χ3n) is 5.30. The molecule has 0 aliphatic heterocycles. The van der Waals surface area contributed by atoms with Crippen LogP contribution in [0.25, 0.3) is 22.6 Å². The van der Waals surface area contributed by atoms with Gasteiger partial charge < -0.3 is 4.57 Å². The average molecular weight is 449 g/mol. The van der Waals surface area contributed by atoms with Gasteiger partial charge >= 0.3 is 11.9 Å². The molecule has 160 valence electrons. The van der Waals surface area contributed by atoms with Crippen LogP contribution < -0.4 is 5.69 Å². The summed E-state index contributed by atoms with van der Waals surface area (Å²) < 4.78 is 43.4. The Balaban J connectivity index is 1.49. The van der Waals surface area contributed by atoms with Crippen LogP contribution in [0.3, 0.4) is 0 Å². The number of hydrogen-bond donors (Lipinski definition) is 0. The molecule has 0 radical (unpaired) electrons. The van der Waals surface area contributed by atoms with Crippen molar-refractivity contribution in [2.75, 3.05) is 0 Å². The van der Waals surface area contributed by atoms with Crippen molar-refractivity contribution in [2.24, 2.45) is 7.05 Å². The monoisotopic (exact) mass is 448 g/mol. The largest absolute Gasteiger partial charge is 0.434 e. The van der Waals surface area contributed by atoms with Crippen LogP contribution in [0.2, 0.25) is 5.28 Å². The van der Waals surface area contributed by atoms with Gasteiger partial charge in [-0.15, -0.1) is 0 Å². The first kappa shape index (κ1) is 19.8. The van der Waals surface area contributed by atoms with Gasteiger partial charge in [0.05, 0.1) is 12.7 Å². The van der Waals surface area contributed by atoms with Gasteiger partial charge in [-0.05, 0) is 30.0 Å². The molecule has 0 bridgehead atoms. The molecule has 31 heavy (non-hydrogen) atoms. The Kier molecular flexibility index (Phi) is 4.44. The maximum absolute atomic E-state index is 13.0. The highest BCUT2D eigenvalue weighted by molar-refractivity contribution is 6.28. The molecule has 4 aromatic rings. The predicted molar refractivity (Wildman–Crippen MR) is 108 cm³/mol. The van der Waals surface area contributed by atoms with E-state index in [1.807, 2.05) is 0 Å². The second-order valence-corrected chi connectivity index (χ2v) is 7.91. The molecule has 7 nitrogen and oxygen atoms in total. The Hall–Kier alpha value is -3.14. The topological polar surface area (TPSA) is 70.5 Å². The second kappa shape index (κ2) is 6.94. The van der Waals surface area contributed by atoms with Gasteiger partial charge in [-0.2, -0.15) is 18.2 Å². The van der Waals surface area contributed by atoms with Crippen LogP contribution in [-0.4, -0.2) is 28.7 Å². The molecule has 0 atom stereocenters. The van der Waals surface area contributed by atoms with Crippen molar-refractivity contribution in [3.05, 3.63) is 63.7 Å². The van der Waals surface area contributed by atoms with Crippen molar-refractivity contribution in [3.8, 4) is 11.4 Å². The van der Waals surface area contributed by atoms with E-state index < -0.39 is 11.9 Å². The quantitative estimate of drug-likeness (QED) is 0.442. The lowest BCUT2D eigenvalue weighted by molar-refractivity contribution is -0.140. The van der Waals surface area contributed by atoms with E-state index in [2.05, 4.69) is 15.0 Å². The number of fused-ring (bicyclic) bond motifs is 1. The van der Waals surface area contributed by atoms with Crippen LogP contribution in [0.1, 0.15) is 30.1 Å². The summed E-state index contributed by atoms with van der Waals surface area (Å²) in [5.41, 5.74) is 1.31. The van der Waals surface area contributed by atoms with E-state index in [9.17, 15) is 18.0 Å². The molecule has 1 aliphatic carbocycles. The lowest BCUT2D eigenvalue weighted by Crippen LogP contribution is -2.24. The number of aromatic nitrogens is 6. The van der Waals surface area contributed by atoms with Gasteiger partial charge in [0.25, 0.3) is 0 Å². The molecule has 0 unspecified atom stereocenters. The highest BCUT2D eigenvalue weighted by Crippen LogP contribution is 2.36. The number of nitrogens with zero attached hydrogens (tertiary/aromatic N) is 6. The maximum atomic E-state index is 13.0. The fourth-order valence-corrected chi connectivity index (χ4v) is 3.81. The first-order valence-corrected chi connectivity index (χ1v) is 9.93. The Morgan fingerprint density at radius 2 is 1.87 bits per heavy atom. The minimum absolute atomic E-state index is 0.0554. The van der Waals surface area contributed by atoms with Gasteiger partial charge in [0.2, 0.25) is 5.28 Å². The molecular weight excluding hydrogens is 433 g/mol. The fraction of sp³-hybridized carbons (Fsp3) is 0.300. The molecule has 0 amide bonds. The summed E-state index contributed by atoms with van der Waals surface area (Å²) in [5.74, 6) is 0.209. The van der Waals surface area contributed by atoms with E-state index >= 15 is 0 Å². The first-order chi connectivity index (χ1) is 14.7. The zero-order chi connectivity index (χ0) is 21.9. The normalized spacial score (nSPS) is 14.5. The number of alkyl halides is 3. The van der Waals surface area contributed by atoms with E-state index in [0.717, 1.165) is 24.6 Å². The number of rotatable bonds is 4. The van der Waals surface area contributed by atoms with E-state index in [1.54, 1.807) is 39.6 Å². The van der Waals surface area contributed by atoms with E-state index in [-0.39, 0.29) is 29.4 Å². The van der Waals surface area contributed by atoms with Crippen molar-refractivity contribution in [2.45, 2.75) is 31.6 Å². The summed E-state index contributed by atoms with van der Waals surface area (Å²) in [6, 6.07) is 7.03. The smallest absolute Gasteiger partial charge is 0.333 e. The Morgan fingerprint density at radius 1 is 1.16 bits per heavy atom. The van der Waals surface area contributed by atoms with Crippen LogP contribution in [0.4, 0.5) is 13.2 Å². The van der Waals surface area contributed by atoms with Crippen molar-refractivity contribution >= 4 is 22.8 Å². The number of halogens is 4. The van der Waals surface area contributed by atoms with Crippen LogP contribution in [-0.2, 0) is 19.8 Å². The molecule has 3 heterocycles. The molecule has 0 N–H and O–H groups in total. The van der Waals surface area contributed by atoms with Gasteiger partial charge in [0, 0.05) is 24.8 Å². The Morgan fingerprint density at radius 3 is 2.48 bits per heavy atom. The van der Waals surface area contributed by atoms with Gasteiger partial charge in [0.1, 0.15) is 11.3 Å². The van der Waals surface area contributed by atoms with Crippen LogP contribution in [0, 0.1) is 0 Å². The average Bonchev–Trinajstić information content (AvgIpc) is 3.41. The van der Waals surface area contributed by atoms with Crippen molar-refractivity contribution in [3.63, 3.8) is 0 Å². The maximum Gasteiger partial charge on any atom is 0.434 e. The lowest BCUT2D eigenvalue weighted by atomic mass is 10.1. The van der Waals surface area contributed by atoms with Gasteiger partial charge in [-0.25, -0.2) is 14.8 Å². The molecular formula is C20H16ClF3N6O. The number of hydrogen-bond acceptors (Lipinski definition) is 4. The van der Waals surface area contributed by atoms with E-state index in [4.69, 9.17) is 11.6 Å². The minimum atomic E-state index is -4.50. The summed E-state index contributed by atoms with van der Waals surface area (Å²) >= 11 is 5.95. The highest BCUT2D eigenvalue weighted by atomic mass is 35.5. The summed E-state index contributed by atoms with van der Waals surface area (Å²) in [5, 5.41) is 0.0554. The lowest BCUT2D eigenvalue weighted by Gasteiger charge is -2.06. The highest BCUT2D eigenvalue weighted by Gasteiger charge is 2.34. The Bertz CT molecular complexity index is 1350. The molecule has 3 aromatic heterocycles. The zero-order valence-electron chi connectivity index (χ0n) is 16.3. The number of aryl methyl sites for hydroxylation is 1. The summed E-state index contributed by atoms with van der Waals surface area (Å²) in [6.07, 6.45) is -0.127. The molecule has 1 saturated carbocycles. The van der Waals surface area contributed by atoms with Gasteiger partial charge in [-0.3, -0.25) is 9.13 Å². The third kappa shape index (κ3) is 3.50. The fourth-order valence-electron chi connectivity index (χ4n) is 3.68. The first-order valence-electron chi connectivity index (χ1n) is 9.55. The number of imidazole rings is 2. The summed E-state index contributed by atoms with van der Waals surface area (Å²) in [7, 11) is 1.52. The molecule has 0 spiro atoms. The SMILES string of the molecule is Cn1cc(C(F)(F)F)nc1-c1ccc(Cn2c(=O)n(C3CC3)c3cnc(Cl)nc32)cc1. The Labute approximate surface area is 178 Å². The van der Waals surface area contributed by atoms with Crippen molar-refractivity contribution in [1.82, 2.24) is 28.7 Å². The molecule has 5 rings (SSSR count). The summed E-state index contributed by atoms with van der Waals surface area (Å²) in [4.78, 5) is 25.0. The van der Waals surface area contributed by atoms with Crippen LogP contribution >= 0.6 is 11.6 Å². The molecule has 1 fully saturated rings. The van der Waals surface area contributed by atoms with Crippen LogP contribution in [0.5, 0.6) is 0 Å². The predicted octanol–water partition coefficient (Wildman–Crippen LogP) is 4.05. The zero-order valence-corrected chi connectivity index (χ0v) is 17.0. The van der Waals surface area contributed by atoms with Crippen LogP contribution in [0.15, 0.2) is 41.5 Å².